The lowest BCUT2D eigenvalue weighted by molar-refractivity contribution is 0.0616. The Morgan fingerprint density at radius 3 is 2.95 bits per heavy atom. The van der Waals surface area contributed by atoms with Crippen LogP contribution in [0.15, 0.2) is 0 Å². The van der Waals surface area contributed by atoms with E-state index in [0.717, 1.165) is 19.4 Å². The van der Waals surface area contributed by atoms with Gasteiger partial charge in [-0.05, 0) is 25.7 Å². The summed E-state index contributed by atoms with van der Waals surface area (Å²) in [6.07, 6.45) is 1.90. The molecule has 1 N–H and O–H groups in total. The molecule has 106 valence electrons. The minimum atomic E-state index is -0.0550. The van der Waals surface area contributed by atoms with Crippen molar-refractivity contribution in [3.63, 3.8) is 0 Å². The molecule has 6 heteroatoms. The molecule has 1 aliphatic rings. The van der Waals surface area contributed by atoms with Crippen LogP contribution in [0.2, 0.25) is 0 Å². The molecule has 1 atom stereocenters. The molecule has 1 saturated heterocycles. The summed E-state index contributed by atoms with van der Waals surface area (Å²) in [5.74, 6) is 0.620. The maximum Gasteiger partial charge on any atom is 0.261 e. The Hall–Kier alpha value is -1.56. The van der Waals surface area contributed by atoms with Gasteiger partial charge in [0, 0.05) is 26.7 Å². The Balaban J connectivity index is 2.24. The molecule has 2 heterocycles. The van der Waals surface area contributed by atoms with Crippen molar-refractivity contribution >= 4 is 5.91 Å². The average Bonchev–Trinajstić information content (AvgIpc) is 2.71. The zero-order valence-electron chi connectivity index (χ0n) is 11.7. The summed E-state index contributed by atoms with van der Waals surface area (Å²) in [4.78, 5) is 14.4. The summed E-state index contributed by atoms with van der Waals surface area (Å²) in [5.41, 5.74) is 1.21. The molecule has 2 rings (SSSR count). The number of ether oxygens (including phenoxy) is 1. The van der Waals surface area contributed by atoms with Crippen LogP contribution in [0.1, 0.15) is 28.9 Å². The van der Waals surface area contributed by atoms with Crippen molar-refractivity contribution in [1.82, 2.24) is 14.7 Å². The number of hydrogen-bond acceptors (Lipinski definition) is 4. The van der Waals surface area contributed by atoms with Crippen molar-refractivity contribution in [2.24, 2.45) is 13.0 Å². The third kappa shape index (κ3) is 2.58. The highest BCUT2D eigenvalue weighted by Gasteiger charge is 2.29. The van der Waals surface area contributed by atoms with Crippen LogP contribution in [0.3, 0.4) is 0 Å². The van der Waals surface area contributed by atoms with Crippen LogP contribution in [0.5, 0.6) is 5.88 Å². The normalized spacial score (nSPS) is 19.6. The molecule has 1 aromatic heterocycles. The van der Waals surface area contributed by atoms with Gasteiger partial charge in [0.1, 0.15) is 5.56 Å². The molecule has 0 bridgehead atoms. The molecule has 6 nitrogen and oxygen atoms in total. The molecule has 0 radical (unpaired) electrons. The van der Waals surface area contributed by atoms with Crippen LogP contribution in [-0.4, -0.2) is 52.5 Å². The molecule has 1 amide bonds. The Kier molecular flexibility index (Phi) is 4.09. The number of hydrogen-bond donors (Lipinski definition) is 1. The smallest absolute Gasteiger partial charge is 0.261 e. The first-order chi connectivity index (χ1) is 9.08. The summed E-state index contributed by atoms with van der Waals surface area (Å²) in [6.45, 7) is 3.27. The minimum Gasteiger partial charge on any atom is -0.481 e. The van der Waals surface area contributed by atoms with E-state index in [-0.39, 0.29) is 18.4 Å². The van der Waals surface area contributed by atoms with Crippen molar-refractivity contribution in [3.05, 3.63) is 11.3 Å². The number of carbonyl (C=O) groups excluding carboxylic acids is 1. The van der Waals surface area contributed by atoms with Crippen LogP contribution in [0, 0.1) is 12.8 Å². The lowest BCUT2D eigenvalue weighted by Crippen LogP contribution is -2.41. The van der Waals surface area contributed by atoms with Gasteiger partial charge < -0.3 is 14.7 Å². The molecular weight excluding hydrogens is 246 g/mol. The predicted octanol–water partition coefficient (Wildman–Crippen LogP) is 0.582. The maximum absolute atomic E-state index is 12.6. The molecule has 0 saturated carbocycles. The SMILES string of the molecule is COc1c(C(=O)N2CCCC(CO)C2)c(C)nn1C. The van der Waals surface area contributed by atoms with E-state index in [1.165, 1.54) is 0 Å². The van der Waals surface area contributed by atoms with E-state index in [9.17, 15) is 9.90 Å². The van der Waals surface area contributed by atoms with Crippen molar-refractivity contribution in [3.8, 4) is 5.88 Å². The monoisotopic (exact) mass is 267 g/mol. The first-order valence-corrected chi connectivity index (χ1v) is 6.56. The third-order valence-electron chi connectivity index (χ3n) is 3.64. The fraction of sp³-hybridized carbons (Fsp3) is 0.692. The minimum absolute atomic E-state index is 0.0550. The van der Waals surface area contributed by atoms with Gasteiger partial charge in [-0.2, -0.15) is 5.10 Å². The van der Waals surface area contributed by atoms with Crippen LogP contribution < -0.4 is 4.74 Å². The van der Waals surface area contributed by atoms with Gasteiger partial charge >= 0.3 is 0 Å². The van der Waals surface area contributed by atoms with Crippen LogP contribution in [-0.2, 0) is 7.05 Å². The Morgan fingerprint density at radius 2 is 2.32 bits per heavy atom. The lowest BCUT2D eigenvalue weighted by Gasteiger charge is -2.31. The number of aliphatic hydroxyl groups excluding tert-OH is 1. The second-order valence-electron chi connectivity index (χ2n) is 5.04. The first kappa shape index (κ1) is 13.9. The van der Waals surface area contributed by atoms with Gasteiger partial charge in [0.05, 0.1) is 12.8 Å². The highest BCUT2D eigenvalue weighted by atomic mass is 16.5. The number of amides is 1. The molecule has 0 aliphatic carbocycles. The highest BCUT2D eigenvalue weighted by molar-refractivity contribution is 5.97. The standard InChI is InChI=1S/C13H21N3O3/c1-9-11(13(19-3)15(2)14-9)12(18)16-6-4-5-10(7-16)8-17/h10,17H,4-8H2,1-3H3. The fourth-order valence-electron chi connectivity index (χ4n) is 2.67. The number of aryl methyl sites for hydroxylation is 2. The average molecular weight is 267 g/mol. The number of piperidine rings is 1. The summed E-state index contributed by atoms with van der Waals surface area (Å²) in [7, 11) is 3.30. The van der Waals surface area contributed by atoms with Gasteiger partial charge in [0.25, 0.3) is 5.91 Å². The van der Waals surface area contributed by atoms with Gasteiger partial charge in [-0.25, -0.2) is 4.68 Å². The van der Waals surface area contributed by atoms with Gasteiger partial charge in [0.15, 0.2) is 0 Å². The largest absolute Gasteiger partial charge is 0.481 e. The molecule has 1 fully saturated rings. The topological polar surface area (TPSA) is 67.6 Å². The molecule has 0 spiro atoms. The van der Waals surface area contributed by atoms with E-state index in [2.05, 4.69) is 5.10 Å². The first-order valence-electron chi connectivity index (χ1n) is 6.56. The van der Waals surface area contributed by atoms with Gasteiger partial charge in [0.2, 0.25) is 5.88 Å². The highest BCUT2D eigenvalue weighted by Crippen LogP contribution is 2.25. The van der Waals surface area contributed by atoms with E-state index < -0.39 is 0 Å². The van der Waals surface area contributed by atoms with Crippen molar-refractivity contribution < 1.29 is 14.6 Å². The molecule has 19 heavy (non-hydrogen) atoms. The number of carbonyl (C=O) groups is 1. The van der Waals surface area contributed by atoms with Gasteiger partial charge in [-0.15, -0.1) is 0 Å². The van der Waals surface area contributed by atoms with Crippen molar-refractivity contribution in [1.29, 1.82) is 0 Å². The van der Waals surface area contributed by atoms with Crippen molar-refractivity contribution in [2.45, 2.75) is 19.8 Å². The lowest BCUT2D eigenvalue weighted by atomic mass is 9.98. The zero-order valence-corrected chi connectivity index (χ0v) is 11.7. The number of methoxy groups -OCH3 is 1. The quantitative estimate of drug-likeness (QED) is 0.870. The Morgan fingerprint density at radius 1 is 1.58 bits per heavy atom. The fourth-order valence-corrected chi connectivity index (χ4v) is 2.67. The van der Waals surface area contributed by atoms with E-state index in [1.54, 1.807) is 23.7 Å². The van der Waals surface area contributed by atoms with Gasteiger partial charge in [-0.3, -0.25) is 4.79 Å². The molecule has 1 unspecified atom stereocenters. The van der Waals surface area contributed by atoms with Gasteiger partial charge in [-0.1, -0.05) is 0 Å². The second kappa shape index (κ2) is 5.61. The summed E-state index contributed by atoms with van der Waals surface area (Å²) < 4.78 is 6.85. The van der Waals surface area contributed by atoms with Crippen LogP contribution in [0.25, 0.3) is 0 Å². The van der Waals surface area contributed by atoms with Crippen LogP contribution in [0.4, 0.5) is 0 Å². The Bertz CT molecular complexity index is 470. The summed E-state index contributed by atoms with van der Waals surface area (Å²) in [6, 6.07) is 0. The molecule has 1 aromatic rings. The van der Waals surface area contributed by atoms with Crippen LogP contribution >= 0.6 is 0 Å². The Labute approximate surface area is 113 Å². The number of rotatable bonds is 3. The van der Waals surface area contributed by atoms with Crippen molar-refractivity contribution in [2.75, 3.05) is 26.8 Å². The van der Waals surface area contributed by atoms with E-state index in [1.807, 2.05) is 6.92 Å². The molecular formula is C13H21N3O3. The zero-order chi connectivity index (χ0) is 14.0. The number of likely N-dealkylation sites (tertiary alicyclic amines) is 1. The molecule has 0 aromatic carbocycles. The number of nitrogens with zero attached hydrogens (tertiary/aromatic N) is 3. The second-order valence-corrected chi connectivity index (χ2v) is 5.04. The number of aromatic nitrogens is 2. The number of aliphatic hydroxyl groups is 1. The third-order valence-corrected chi connectivity index (χ3v) is 3.64. The maximum atomic E-state index is 12.6. The predicted molar refractivity (Wildman–Crippen MR) is 70.2 cm³/mol. The summed E-state index contributed by atoms with van der Waals surface area (Å²) >= 11 is 0. The van der Waals surface area contributed by atoms with E-state index in [4.69, 9.17) is 4.74 Å². The van der Waals surface area contributed by atoms with E-state index >= 15 is 0 Å². The van der Waals surface area contributed by atoms with E-state index in [0.29, 0.717) is 23.7 Å². The summed E-state index contributed by atoms with van der Waals surface area (Å²) in [5, 5.41) is 13.5. The molecule has 1 aliphatic heterocycles.